The third-order valence-corrected chi connectivity index (χ3v) is 4.79. The van der Waals surface area contributed by atoms with Crippen molar-refractivity contribution in [3.63, 3.8) is 0 Å². The van der Waals surface area contributed by atoms with Gasteiger partial charge < -0.3 is 14.4 Å². The number of fused-ring (bicyclic) bond motifs is 1. The number of ether oxygens (including phenoxy) is 2. The quantitative estimate of drug-likeness (QED) is 0.747. The molecule has 4 heteroatoms. The number of hydrogen-bond acceptors (Lipinski definition) is 3. The van der Waals surface area contributed by atoms with E-state index in [9.17, 15) is 4.79 Å². The minimum Gasteiger partial charge on any atom is -0.372 e. The number of morpholine rings is 1. The highest BCUT2D eigenvalue weighted by Gasteiger charge is 2.45. The average molecular weight is 291 g/mol. The summed E-state index contributed by atoms with van der Waals surface area (Å²) in [5, 5.41) is 0. The normalized spacial score (nSPS) is 32.5. The molecule has 1 amide bonds. The van der Waals surface area contributed by atoms with Crippen LogP contribution in [0.25, 0.3) is 0 Å². The molecule has 1 heterocycles. The van der Waals surface area contributed by atoms with Gasteiger partial charge in [0.15, 0.2) is 0 Å². The maximum absolute atomic E-state index is 12.8. The number of rotatable bonds is 4. The Morgan fingerprint density at radius 3 is 3.14 bits per heavy atom. The lowest BCUT2D eigenvalue weighted by Gasteiger charge is -2.39. The van der Waals surface area contributed by atoms with Gasteiger partial charge in [-0.1, -0.05) is 12.2 Å². The molecule has 0 radical (unpaired) electrons. The number of allylic oxidation sites excluding steroid dienone is 1. The van der Waals surface area contributed by atoms with Crippen molar-refractivity contribution in [2.24, 2.45) is 0 Å². The van der Waals surface area contributed by atoms with Gasteiger partial charge in [-0.15, -0.1) is 6.58 Å². The smallest absolute Gasteiger partial charge is 0.249 e. The van der Waals surface area contributed by atoms with Gasteiger partial charge in [-0.2, -0.15) is 0 Å². The van der Waals surface area contributed by atoms with Crippen molar-refractivity contribution < 1.29 is 14.3 Å². The van der Waals surface area contributed by atoms with E-state index in [2.05, 4.69) is 12.7 Å². The molecule has 1 saturated heterocycles. The molecule has 0 aromatic rings. The third kappa shape index (κ3) is 3.06. The average Bonchev–Trinajstić information content (AvgIpc) is 2.96. The van der Waals surface area contributed by atoms with Crippen LogP contribution in [0.3, 0.4) is 0 Å². The van der Waals surface area contributed by atoms with Gasteiger partial charge in [-0.05, 0) is 38.5 Å². The second-order valence-electron chi connectivity index (χ2n) is 6.11. The van der Waals surface area contributed by atoms with Gasteiger partial charge in [0.25, 0.3) is 0 Å². The van der Waals surface area contributed by atoms with Gasteiger partial charge in [0.05, 0.1) is 25.4 Å². The van der Waals surface area contributed by atoms with Crippen molar-refractivity contribution in [3.05, 3.63) is 24.3 Å². The largest absolute Gasteiger partial charge is 0.372 e. The van der Waals surface area contributed by atoms with Crippen LogP contribution in [0.1, 0.15) is 38.5 Å². The van der Waals surface area contributed by atoms with Gasteiger partial charge >= 0.3 is 0 Å². The van der Waals surface area contributed by atoms with Crippen molar-refractivity contribution in [1.82, 2.24) is 4.90 Å². The zero-order valence-corrected chi connectivity index (χ0v) is 12.6. The molecule has 3 atom stereocenters. The summed E-state index contributed by atoms with van der Waals surface area (Å²) in [7, 11) is 0. The van der Waals surface area contributed by atoms with Crippen LogP contribution in [-0.4, -0.2) is 48.8 Å². The SMILES string of the molecule is C=CCO[C@@H]1CC[C@@H]2[C@H]1OCCN2C(=O)C1=CCCCC1. The van der Waals surface area contributed by atoms with Crippen LogP contribution < -0.4 is 0 Å². The molecule has 0 unspecified atom stereocenters. The van der Waals surface area contributed by atoms with E-state index in [-0.39, 0.29) is 24.2 Å². The highest BCUT2D eigenvalue weighted by molar-refractivity contribution is 5.93. The molecule has 4 nitrogen and oxygen atoms in total. The van der Waals surface area contributed by atoms with Crippen LogP contribution >= 0.6 is 0 Å². The fraction of sp³-hybridized carbons (Fsp3) is 0.706. The number of hydrogen-bond donors (Lipinski definition) is 0. The number of amides is 1. The molecule has 1 saturated carbocycles. The van der Waals surface area contributed by atoms with Crippen molar-refractivity contribution in [1.29, 1.82) is 0 Å². The minimum atomic E-state index is 0.0341. The maximum atomic E-state index is 12.8. The van der Waals surface area contributed by atoms with Crippen molar-refractivity contribution >= 4 is 5.91 Å². The summed E-state index contributed by atoms with van der Waals surface area (Å²) in [4.78, 5) is 14.8. The first-order valence-corrected chi connectivity index (χ1v) is 8.15. The predicted octanol–water partition coefficient (Wildman–Crippen LogP) is 2.45. The Morgan fingerprint density at radius 2 is 2.38 bits per heavy atom. The van der Waals surface area contributed by atoms with Crippen molar-refractivity contribution in [3.8, 4) is 0 Å². The summed E-state index contributed by atoms with van der Waals surface area (Å²) in [6, 6.07) is 0.184. The lowest BCUT2D eigenvalue weighted by atomic mass is 9.97. The van der Waals surface area contributed by atoms with Crippen LogP contribution in [0.5, 0.6) is 0 Å². The molecule has 0 spiro atoms. The molecule has 3 rings (SSSR count). The van der Waals surface area contributed by atoms with E-state index in [0.717, 1.165) is 37.7 Å². The summed E-state index contributed by atoms with van der Waals surface area (Å²) >= 11 is 0. The molecule has 116 valence electrons. The van der Waals surface area contributed by atoms with E-state index in [4.69, 9.17) is 9.47 Å². The Kier molecular flexibility index (Phi) is 4.76. The predicted molar refractivity (Wildman–Crippen MR) is 81.0 cm³/mol. The van der Waals surface area contributed by atoms with Crippen LogP contribution in [0, 0.1) is 0 Å². The molecule has 0 bridgehead atoms. The molecule has 0 N–H and O–H groups in total. The molecule has 2 fully saturated rings. The second kappa shape index (κ2) is 6.75. The summed E-state index contributed by atoms with van der Waals surface area (Å²) in [6.07, 6.45) is 10.3. The molecule has 1 aliphatic heterocycles. The fourth-order valence-corrected chi connectivity index (χ4v) is 3.75. The minimum absolute atomic E-state index is 0.0341. The van der Waals surface area contributed by atoms with Crippen molar-refractivity contribution in [2.45, 2.75) is 56.8 Å². The Bertz CT molecular complexity index is 432. The third-order valence-electron chi connectivity index (χ3n) is 4.79. The van der Waals surface area contributed by atoms with Crippen LogP contribution in [0.4, 0.5) is 0 Å². The first-order valence-electron chi connectivity index (χ1n) is 8.15. The van der Waals surface area contributed by atoms with E-state index in [1.165, 1.54) is 6.42 Å². The van der Waals surface area contributed by atoms with Gasteiger partial charge in [0.1, 0.15) is 6.10 Å². The highest BCUT2D eigenvalue weighted by atomic mass is 16.5. The molecular formula is C17H25NO3. The summed E-state index contributed by atoms with van der Waals surface area (Å²) < 4.78 is 11.7. The number of carbonyl (C=O) groups is 1. The van der Waals surface area contributed by atoms with Crippen LogP contribution in [0.15, 0.2) is 24.3 Å². The molecule has 21 heavy (non-hydrogen) atoms. The van der Waals surface area contributed by atoms with E-state index >= 15 is 0 Å². The van der Waals surface area contributed by atoms with Crippen LogP contribution in [-0.2, 0) is 14.3 Å². The summed E-state index contributed by atoms with van der Waals surface area (Å²) in [5.74, 6) is 0.234. The van der Waals surface area contributed by atoms with Crippen LogP contribution in [0.2, 0.25) is 0 Å². The lowest BCUT2D eigenvalue weighted by molar-refractivity contribution is -0.147. The summed E-state index contributed by atoms with van der Waals surface area (Å²) in [5.41, 5.74) is 1.01. The van der Waals surface area contributed by atoms with Gasteiger partial charge in [0, 0.05) is 12.1 Å². The zero-order valence-electron chi connectivity index (χ0n) is 12.6. The standard InChI is InChI=1S/C17H25NO3/c1-2-11-20-15-9-8-14-16(15)21-12-10-18(14)17(19)13-6-4-3-5-7-13/h2,6,14-16H,1,3-5,7-12H2/t14-,15-,16-/m1/s1. The molecule has 2 aliphatic carbocycles. The fourth-order valence-electron chi connectivity index (χ4n) is 3.75. The zero-order chi connectivity index (χ0) is 14.7. The van der Waals surface area contributed by atoms with E-state index < -0.39 is 0 Å². The van der Waals surface area contributed by atoms with Crippen molar-refractivity contribution in [2.75, 3.05) is 19.8 Å². The molecular weight excluding hydrogens is 266 g/mol. The number of nitrogens with zero attached hydrogens (tertiary/aromatic N) is 1. The molecule has 0 aromatic heterocycles. The van der Waals surface area contributed by atoms with E-state index in [1.807, 2.05) is 4.90 Å². The maximum Gasteiger partial charge on any atom is 0.249 e. The first kappa shape index (κ1) is 14.8. The molecule has 0 aromatic carbocycles. The highest BCUT2D eigenvalue weighted by Crippen LogP contribution is 2.33. The Balaban J connectivity index is 1.68. The Labute approximate surface area is 126 Å². The Morgan fingerprint density at radius 1 is 1.48 bits per heavy atom. The van der Waals surface area contributed by atoms with E-state index in [0.29, 0.717) is 19.8 Å². The molecule has 3 aliphatic rings. The second-order valence-corrected chi connectivity index (χ2v) is 6.11. The Hall–Kier alpha value is -1.13. The lowest BCUT2D eigenvalue weighted by Crippen LogP contribution is -2.54. The summed E-state index contributed by atoms with van der Waals surface area (Å²) in [6.45, 7) is 5.58. The number of carbonyl (C=O) groups excluding carboxylic acids is 1. The van der Waals surface area contributed by atoms with Gasteiger partial charge in [-0.25, -0.2) is 0 Å². The first-order chi connectivity index (χ1) is 10.3. The van der Waals surface area contributed by atoms with Gasteiger partial charge in [0.2, 0.25) is 5.91 Å². The monoisotopic (exact) mass is 291 g/mol. The van der Waals surface area contributed by atoms with Gasteiger partial charge in [-0.3, -0.25) is 4.79 Å². The van der Waals surface area contributed by atoms with E-state index in [1.54, 1.807) is 6.08 Å². The topological polar surface area (TPSA) is 38.8 Å².